The van der Waals surface area contributed by atoms with Crippen LogP contribution in [0.4, 0.5) is 0 Å². The molecule has 1 aliphatic heterocycles. The van der Waals surface area contributed by atoms with Gasteiger partial charge >= 0.3 is 0 Å². The first kappa shape index (κ1) is 16.6. The van der Waals surface area contributed by atoms with Crippen LogP contribution in [0.15, 0.2) is 42.7 Å². The van der Waals surface area contributed by atoms with E-state index in [1.165, 1.54) is 17.6 Å². The molecule has 0 spiro atoms. The minimum Gasteiger partial charge on any atom is -0.299 e. The van der Waals surface area contributed by atoms with Crippen molar-refractivity contribution in [3.63, 3.8) is 0 Å². The molecule has 1 aromatic carbocycles. The van der Waals surface area contributed by atoms with Crippen molar-refractivity contribution in [2.24, 2.45) is 0 Å². The Morgan fingerprint density at radius 2 is 1.78 bits per heavy atom. The summed E-state index contributed by atoms with van der Waals surface area (Å²) < 4.78 is 1.91. The first-order valence-corrected chi connectivity index (χ1v) is 8.81. The molecule has 0 bridgehead atoms. The lowest BCUT2D eigenvalue weighted by molar-refractivity contribution is 0.291. The molecule has 122 valence electrons. The fourth-order valence-electron chi connectivity index (χ4n) is 2.91. The number of nitrogens with zero attached hydrogens (tertiary/aromatic N) is 3. The molecule has 3 nitrogen and oxygen atoms in total. The third kappa shape index (κ3) is 4.84. The van der Waals surface area contributed by atoms with Crippen LogP contribution >= 0.6 is 23.2 Å². The molecule has 0 amide bonds. The molecule has 0 N–H and O–H groups in total. The smallest absolute Gasteiger partial charge is 0.0785 e. The van der Waals surface area contributed by atoms with Crippen molar-refractivity contribution >= 4 is 28.8 Å². The van der Waals surface area contributed by atoms with Crippen LogP contribution in [-0.2, 0) is 6.54 Å². The largest absolute Gasteiger partial charge is 0.299 e. The minimum absolute atomic E-state index is 0.709. The molecule has 23 heavy (non-hydrogen) atoms. The second-order valence-corrected chi connectivity index (χ2v) is 6.79. The third-order valence-corrected chi connectivity index (χ3v) is 4.67. The van der Waals surface area contributed by atoms with E-state index >= 15 is 0 Å². The monoisotopic (exact) mass is 349 g/mol. The highest BCUT2D eigenvalue weighted by Crippen LogP contribution is 2.23. The van der Waals surface area contributed by atoms with Crippen molar-refractivity contribution in [1.82, 2.24) is 14.7 Å². The van der Waals surface area contributed by atoms with Crippen molar-refractivity contribution in [3.8, 4) is 0 Å². The SMILES string of the molecule is Clc1ccc(C2=CCN(CCCCn3cc(Cl)cn3)CC2)cc1. The topological polar surface area (TPSA) is 21.1 Å². The van der Waals surface area contributed by atoms with Gasteiger partial charge in [0.05, 0.1) is 11.2 Å². The molecule has 0 aliphatic carbocycles. The van der Waals surface area contributed by atoms with E-state index in [1.54, 1.807) is 6.20 Å². The van der Waals surface area contributed by atoms with Crippen LogP contribution in [0.2, 0.25) is 10.0 Å². The van der Waals surface area contributed by atoms with Gasteiger partial charge in [0, 0.05) is 30.9 Å². The van der Waals surface area contributed by atoms with Crippen LogP contribution in [0.25, 0.3) is 5.57 Å². The van der Waals surface area contributed by atoms with E-state index in [4.69, 9.17) is 23.2 Å². The summed E-state index contributed by atoms with van der Waals surface area (Å²) in [5, 5.41) is 5.71. The van der Waals surface area contributed by atoms with E-state index in [9.17, 15) is 0 Å². The Morgan fingerprint density at radius 1 is 1.00 bits per heavy atom. The van der Waals surface area contributed by atoms with Gasteiger partial charge in [-0.3, -0.25) is 9.58 Å². The molecule has 1 aromatic heterocycles. The lowest BCUT2D eigenvalue weighted by atomic mass is 9.99. The van der Waals surface area contributed by atoms with Gasteiger partial charge in [-0.05, 0) is 49.1 Å². The Bertz CT molecular complexity index is 661. The highest BCUT2D eigenvalue weighted by atomic mass is 35.5. The van der Waals surface area contributed by atoms with Crippen molar-refractivity contribution in [1.29, 1.82) is 0 Å². The van der Waals surface area contributed by atoms with Crippen molar-refractivity contribution in [3.05, 3.63) is 58.3 Å². The molecule has 0 atom stereocenters. The van der Waals surface area contributed by atoms with Gasteiger partial charge in [0.15, 0.2) is 0 Å². The Morgan fingerprint density at radius 3 is 2.43 bits per heavy atom. The summed E-state index contributed by atoms with van der Waals surface area (Å²) in [6.45, 7) is 4.24. The van der Waals surface area contributed by atoms with Crippen molar-refractivity contribution < 1.29 is 0 Å². The maximum Gasteiger partial charge on any atom is 0.0785 e. The predicted molar refractivity (Wildman–Crippen MR) is 97.0 cm³/mol. The number of rotatable bonds is 6. The first-order chi connectivity index (χ1) is 11.2. The number of hydrogen-bond acceptors (Lipinski definition) is 2. The molecule has 0 radical (unpaired) electrons. The zero-order valence-electron chi connectivity index (χ0n) is 13.1. The number of halogens is 2. The molecule has 1 aliphatic rings. The van der Waals surface area contributed by atoms with Gasteiger partial charge in [-0.2, -0.15) is 5.10 Å². The Hall–Kier alpha value is -1.29. The molecule has 2 heterocycles. The standard InChI is InChI=1S/C18H21Cl2N3/c19-17-5-3-15(4-6-17)16-7-11-22(12-8-16)9-1-2-10-23-14-18(20)13-21-23/h3-7,13-14H,1-2,8-12H2. The minimum atomic E-state index is 0.709. The Kier molecular flexibility index (Phi) is 5.76. The average Bonchev–Trinajstić information content (AvgIpc) is 2.98. The molecular weight excluding hydrogens is 329 g/mol. The third-order valence-electron chi connectivity index (χ3n) is 4.22. The summed E-state index contributed by atoms with van der Waals surface area (Å²) in [5.74, 6) is 0. The maximum absolute atomic E-state index is 5.95. The zero-order valence-corrected chi connectivity index (χ0v) is 14.6. The molecule has 0 saturated heterocycles. The average molecular weight is 350 g/mol. The fraction of sp³-hybridized carbons (Fsp3) is 0.389. The van der Waals surface area contributed by atoms with Crippen LogP contribution < -0.4 is 0 Å². The van der Waals surface area contributed by atoms with Crippen LogP contribution in [0, 0.1) is 0 Å². The summed E-state index contributed by atoms with van der Waals surface area (Å²) in [5.41, 5.74) is 2.73. The van der Waals surface area contributed by atoms with E-state index in [2.05, 4.69) is 28.2 Å². The van der Waals surface area contributed by atoms with E-state index in [-0.39, 0.29) is 0 Å². The molecule has 0 saturated carbocycles. The summed E-state index contributed by atoms with van der Waals surface area (Å²) in [6.07, 6.45) is 9.33. The zero-order chi connectivity index (χ0) is 16.1. The number of hydrogen-bond donors (Lipinski definition) is 0. The van der Waals surface area contributed by atoms with Crippen LogP contribution in [0.5, 0.6) is 0 Å². The van der Waals surface area contributed by atoms with Gasteiger partial charge < -0.3 is 0 Å². The Labute approximate surface area is 147 Å². The van der Waals surface area contributed by atoms with Gasteiger partial charge in [0.2, 0.25) is 0 Å². The first-order valence-electron chi connectivity index (χ1n) is 8.06. The van der Waals surface area contributed by atoms with Gasteiger partial charge in [-0.25, -0.2) is 0 Å². The summed E-state index contributed by atoms with van der Waals surface area (Å²) in [4.78, 5) is 2.51. The molecule has 0 unspecified atom stereocenters. The quantitative estimate of drug-likeness (QED) is 0.701. The number of unbranched alkanes of at least 4 members (excludes halogenated alkanes) is 1. The van der Waals surface area contributed by atoms with E-state index in [0.717, 1.165) is 44.0 Å². The highest BCUT2D eigenvalue weighted by Gasteiger charge is 2.12. The van der Waals surface area contributed by atoms with E-state index in [1.807, 2.05) is 23.0 Å². The van der Waals surface area contributed by atoms with Crippen LogP contribution in [-0.4, -0.2) is 34.3 Å². The molecule has 2 aromatic rings. The van der Waals surface area contributed by atoms with E-state index < -0.39 is 0 Å². The maximum atomic E-state index is 5.95. The van der Waals surface area contributed by atoms with Crippen molar-refractivity contribution in [2.45, 2.75) is 25.8 Å². The van der Waals surface area contributed by atoms with Crippen molar-refractivity contribution in [2.75, 3.05) is 19.6 Å². The van der Waals surface area contributed by atoms with E-state index in [0.29, 0.717) is 5.02 Å². The van der Waals surface area contributed by atoms with Crippen LogP contribution in [0.1, 0.15) is 24.8 Å². The summed E-state index contributed by atoms with van der Waals surface area (Å²) in [7, 11) is 0. The van der Waals surface area contributed by atoms with Gasteiger partial charge in [-0.1, -0.05) is 41.4 Å². The lowest BCUT2D eigenvalue weighted by Gasteiger charge is -2.26. The lowest BCUT2D eigenvalue weighted by Crippen LogP contribution is -2.29. The number of aryl methyl sites for hydroxylation is 1. The van der Waals surface area contributed by atoms with Gasteiger partial charge in [0.1, 0.15) is 0 Å². The normalized spacial score (nSPS) is 15.7. The van der Waals surface area contributed by atoms with Gasteiger partial charge in [-0.15, -0.1) is 0 Å². The Balaban J connectivity index is 1.41. The fourth-order valence-corrected chi connectivity index (χ4v) is 3.19. The highest BCUT2D eigenvalue weighted by molar-refractivity contribution is 6.30. The van der Waals surface area contributed by atoms with Crippen LogP contribution in [0.3, 0.4) is 0 Å². The number of benzene rings is 1. The molecule has 3 rings (SSSR count). The summed E-state index contributed by atoms with van der Waals surface area (Å²) in [6, 6.07) is 8.15. The predicted octanol–water partition coefficient (Wildman–Crippen LogP) is 4.76. The van der Waals surface area contributed by atoms with Gasteiger partial charge in [0.25, 0.3) is 0 Å². The molecular formula is C18H21Cl2N3. The molecule has 5 heteroatoms. The summed E-state index contributed by atoms with van der Waals surface area (Å²) >= 11 is 11.8. The number of aromatic nitrogens is 2. The second kappa shape index (κ2) is 8.00. The molecule has 0 fully saturated rings. The second-order valence-electron chi connectivity index (χ2n) is 5.92.